The van der Waals surface area contributed by atoms with Crippen LogP contribution in [0.25, 0.3) is 11.1 Å². The number of benzene rings is 3. The average Bonchev–Trinajstić information content (AvgIpc) is 2.89. The third-order valence-corrected chi connectivity index (χ3v) is 8.22. The number of ether oxygens (including phenoxy) is 1. The molecule has 0 saturated carbocycles. The summed E-state index contributed by atoms with van der Waals surface area (Å²) in [5, 5.41) is 9.85. The molecule has 0 aromatic heterocycles. The van der Waals surface area contributed by atoms with E-state index >= 15 is 0 Å². The number of hydrogen-bond acceptors (Lipinski definition) is 5. The van der Waals surface area contributed by atoms with Crippen LogP contribution in [0.5, 0.6) is 5.75 Å². The molecule has 2 N–H and O–H groups in total. The van der Waals surface area contributed by atoms with Crippen LogP contribution in [0.3, 0.4) is 0 Å². The van der Waals surface area contributed by atoms with Crippen molar-refractivity contribution in [1.29, 1.82) is 0 Å². The first-order valence-corrected chi connectivity index (χ1v) is 13.5. The van der Waals surface area contributed by atoms with Gasteiger partial charge in [-0.3, -0.25) is 9.69 Å². The Morgan fingerprint density at radius 2 is 1.53 bits per heavy atom. The molecule has 3 aromatic rings. The first-order chi connectivity index (χ1) is 17.2. The van der Waals surface area contributed by atoms with Gasteiger partial charge < -0.3 is 9.84 Å². The molecule has 3 aromatic carbocycles. The van der Waals surface area contributed by atoms with Gasteiger partial charge in [0.1, 0.15) is 11.8 Å². The molecule has 8 heteroatoms. The summed E-state index contributed by atoms with van der Waals surface area (Å²) in [6.07, 6.45) is 1.23. The van der Waals surface area contributed by atoms with Crippen LogP contribution < -0.4 is 9.46 Å². The molecular formula is C28H32N2O5S. The number of sulfonamides is 1. The Morgan fingerprint density at radius 3 is 2.06 bits per heavy atom. The van der Waals surface area contributed by atoms with Crippen molar-refractivity contribution in [1.82, 2.24) is 9.62 Å². The van der Waals surface area contributed by atoms with E-state index < -0.39 is 22.0 Å². The van der Waals surface area contributed by atoms with Gasteiger partial charge in [0.15, 0.2) is 0 Å². The zero-order valence-electron chi connectivity index (χ0n) is 20.6. The number of piperidine rings is 1. The SMILES string of the molecule is COc1ccc(-c2ccc(S(=O)(=O)NC(C(=O)O)C3CCN(Cc4ccc(C)cc4)CC3)cc2)cc1. The molecule has 1 heterocycles. The maximum Gasteiger partial charge on any atom is 0.322 e. The average molecular weight is 509 g/mol. The number of methoxy groups -OCH3 is 1. The Hall–Kier alpha value is -3.20. The van der Waals surface area contributed by atoms with Crippen molar-refractivity contribution in [3.05, 3.63) is 83.9 Å². The second kappa shape index (κ2) is 11.2. The van der Waals surface area contributed by atoms with Gasteiger partial charge in [-0.2, -0.15) is 4.72 Å². The Balaban J connectivity index is 1.39. The second-order valence-corrected chi connectivity index (χ2v) is 11.0. The maximum atomic E-state index is 13.1. The topological polar surface area (TPSA) is 95.9 Å². The minimum atomic E-state index is -3.99. The van der Waals surface area contributed by atoms with Gasteiger partial charge >= 0.3 is 5.97 Å². The predicted molar refractivity (Wildman–Crippen MR) is 139 cm³/mol. The van der Waals surface area contributed by atoms with Gasteiger partial charge in [-0.05, 0) is 79.7 Å². The van der Waals surface area contributed by atoms with Crippen molar-refractivity contribution >= 4 is 16.0 Å². The van der Waals surface area contributed by atoms with Crippen molar-refractivity contribution in [3.63, 3.8) is 0 Å². The fourth-order valence-corrected chi connectivity index (χ4v) is 5.85. The Bertz CT molecular complexity index is 1270. The maximum absolute atomic E-state index is 13.1. The van der Waals surface area contributed by atoms with Gasteiger partial charge in [0, 0.05) is 6.54 Å². The Kier molecular flexibility index (Phi) is 8.08. The summed E-state index contributed by atoms with van der Waals surface area (Å²) in [6, 6.07) is 21.1. The first kappa shape index (κ1) is 25.9. The molecule has 36 heavy (non-hydrogen) atoms. The zero-order chi connectivity index (χ0) is 25.7. The van der Waals surface area contributed by atoms with Gasteiger partial charge in [-0.1, -0.05) is 54.1 Å². The molecule has 1 aliphatic rings. The number of nitrogens with one attached hydrogen (secondary N) is 1. The normalized spacial score (nSPS) is 15.9. The lowest BCUT2D eigenvalue weighted by Crippen LogP contribution is -2.49. The minimum Gasteiger partial charge on any atom is -0.497 e. The van der Waals surface area contributed by atoms with Gasteiger partial charge in [0.25, 0.3) is 0 Å². The highest BCUT2D eigenvalue weighted by molar-refractivity contribution is 7.89. The number of likely N-dealkylation sites (tertiary alicyclic amines) is 1. The number of rotatable bonds is 9. The molecule has 190 valence electrons. The van der Waals surface area contributed by atoms with Crippen LogP contribution in [-0.2, 0) is 21.4 Å². The third-order valence-electron chi connectivity index (χ3n) is 6.77. The molecule has 0 aliphatic carbocycles. The van der Waals surface area contributed by atoms with Crippen LogP contribution >= 0.6 is 0 Å². The highest BCUT2D eigenvalue weighted by Crippen LogP contribution is 2.26. The highest BCUT2D eigenvalue weighted by atomic mass is 32.2. The Morgan fingerprint density at radius 1 is 0.972 bits per heavy atom. The third kappa shape index (κ3) is 6.32. The molecule has 0 bridgehead atoms. The summed E-state index contributed by atoms with van der Waals surface area (Å²) in [7, 11) is -2.40. The van der Waals surface area contributed by atoms with Crippen LogP contribution in [0.2, 0.25) is 0 Å². The molecular weight excluding hydrogens is 476 g/mol. The number of nitrogens with zero attached hydrogens (tertiary/aromatic N) is 1. The van der Waals surface area contributed by atoms with Gasteiger partial charge in [0.05, 0.1) is 12.0 Å². The van der Waals surface area contributed by atoms with Crippen LogP contribution in [0.15, 0.2) is 77.7 Å². The van der Waals surface area contributed by atoms with E-state index in [0.717, 1.165) is 36.5 Å². The van der Waals surface area contributed by atoms with E-state index in [1.54, 1.807) is 19.2 Å². The van der Waals surface area contributed by atoms with E-state index in [1.807, 2.05) is 24.3 Å². The monoisotopic (exact) mass is 508 g/mol. The smallest absolute Gasteiger partial charge is 0.322 e. The molecule has 1 aliphatic heterocycles. The van der Waals surface area contributed by atoms with Crippen LogP contribution in [0.4, 0.5) is 0 Å². The lowest BCUT2D eigenvalue weighted by molar-refractivity contribution is -0.140. The molecule has 1 atom stereocenters. The molecule has 0 amide bonds. The standard InChI is InChI=1S/C28H32N2O5S/c1-20-3-5-21(6-4-20)19-30-17-15-24(16-18-30)27(28(31)32)29-36(33,34)26-13-9-23(10-14-26)22-7-11-25(35-2)12-8-22/h3-14,24,27,29H,15-19H2,1-2H3,(H,31,32). The largest absolute Gasteiger partial charge is 0.497 e. The first-order valence-electron chi connectivity index (χ1n) is 12.0. The van der Waals surface area contributed by atoms with Gasteiger partial charge in [-0.25, -0.2) is 8.42 Å². The van der Waals surface area contributed by atoms with E-state index in [0.29, 0.717) is 12.8 Å². The number of aryl methyl sites for hydroxylation is 1. The van der Waals surface area contributed by atoms with Crippen LogP contribution in [0, 0.1) is 12.8 Å². The lowest BCUT2D eigenvalue weighted by Gasteiger charge is -2.34. The quantitative estimate of drug-likeness (QED) is 0.447. The number of carbonyl (C=O) groups is 1. The molecule has 0 spiro atoms. The lowest BCUT2D eigenvalue weighted by atomic mass is 9.90. The summed E-state index contributed by atoms with van der Waals surface area (Å²) in [4.78, 5) is 14.4. The summed E-state index contributed by atoms with van der Waals surface area (Å²) in [6.45, 7) is 4.30. The number of carboxylic acid groups (broad SMARTS) is 1. The highest BCUT2D eigenvalue weighted by Gasteiger charge is 2.35. The number of aliphatic carboxylic acids is 1. The van der Waals surface area contributed by atoms with Crippen molar-refractivity contribution in [3.8, 4) is 16.9 Å². The molecule has 1 fully saturated rings. The minimum absolute atomic E-state index is 0.0443. The molecule has 1 saturated heterocycles. The predicted octanol–water partition coefficient (Wildman–Crippen LogP) is 4.31. The molecule has 7 nitrogen and oxygen atoms in total. The van der Waals surface area contributed by atoms with Gasteiger partial charge in [0.2, 0.25) is 10.0 Å². The van der Waals surface area contributed by atoms with Crippen molar-refractivity contribution < 1.29 is 23.1 Å². The van der Waals surface area contributed by atoms with E-state index in [1.165, 1.54) is 23.3 Å². The Labute approximate surface area is 212 Å². The summed E-state index contributed by atoms with van der Waals surface area (Å²) in [5.41, 5.74) is 4.21. The molecule has 4 rings (SSSR count). The van der Waals surface area contributed by atoms with E-state index in [4.69, 9.17) is 4.74 Å². The van der Waals surface area contributed by atoms with Crippen LogP contribution in [0.1, 0.15) is 24.0 Å². The van der Waals surface area contributed by atoms with Gasteiger partial charge in [-0.15, -0.1) is 0 Å². The van der Waals surface area contributed by atoms with E-state index in [9.17, 15) is 18.3 Å². The number of carboxylic acids is 1. The summed E-state index contributed by atoms with van der Waals surface area (Å²) >= 11 is 0. The summed E-state index contributed by atoms with van der Waals surface area (Å²) in [5.74, 6) is -0.682. The molecule has 0 radical (unpaired) electrons. The van der Waals surface area contributed by atoms with E-state index in [-0.39, 0.29) is 10.8 Å². The second-order valence-electron chi connectivity index (χ2n) is 9.29. The fraction of sp³-hybridized carbons (Fsp3) is 0.321. The van der Waals surface area contributed by atoms with Crippen molar-refractivity contribution in [2.45, 2.75) is 37.2 Å². The van der Waals surface area contributed by atoms with Crippen molar-refractivity contribution in [2.24, 2.45) is 5.92 Å². The molecule has 1 unspecified atom stereocenters. The van der Waals surface area contributed by atoms with Crippen molar-refractivity contribution in [2.75, 3.05) is 20.2 Å². The zero-order valence-corrected chi connectivity index (χ0v) is 21.4. The van der Waals surface area contributed by atoms with Crippen LogP contribution in [-0.4, -0.2) is 50.6 Å². The summed E-state index contributed by atoms with van der Waals surface area (Å²) < 4.78 is 33.7. The number of hydrogen-bond donors (Lipinski definition) is 2. The fourth-order valence-electron chi connectivity index (χ4n) is 4.59. The van der Waals surface area contributed by atoms with E-state index in [2.05, 4.69) is 40.8 Å².